The van der Waals surface area contributed by atoms with Gasteiger partial charge >= 0.3 is 0 Å². The lowest BCUT2D eigenvalue weighted by atomic mass is 10.2. The molecule has 3 rings (SSSR count). The maximum absolute atomic E-state index is 12.4. The SMILES string of the molecule is Cc1ccsc1C(=O)NCCN1C(=O)SC(=Cc2ccc(Cl)cc2)C1=O. The minimum absolute atomic E-state index is 0.138. The Kier molecular flexibility index (Phi) is 5.80. The Morgan fingerprint density at radius 3 is 2.62 bits per heavy atom. The van der Waals surface area contributed by atoms with Crippen LogP contribution in [0.4, 0.5) is 4.79 Å². The van der Waals surface area contributed by atoms with Gasteiger partial charge in [-0.25, -0.2) is 0 Å². The lowest BCUT2D eigenvalue weighted by molar-refractivity contribution is -0.122. The number of nitrogens with zero attached hydrogens (tertiary/aromatic N) is 1. The van der Waals surface area contributed by atoms with Gasteiger partial charge in [-0.3, -0.25) is 19.3 Å². The van der Waals surface area contributed by atoms with E-state index in [0.717, 1.165) is 27.8 Å². The summed E-state index contributed by atoms with van der Waals surface area (Å²) in [5, 5.41) is 4.86. The van der Waals surface area contributed by atoms with E-state index in [1.165, 1.54) is 11.3 Å². The fraction of sp³-hybridized carbons (Fsp3) is 0.167. The van der Waals surface area contributed by atoms with Gasteiger partial charge in [-0.1, -0.05) is 23.7 Å². The van der Waals surface area contributed by atoms with E-state index in [0.29, 0.717) is 14.8 Å². The van der Waals surface area contributed by atoms with E-state index in [1.807, 2.05) is 18.4 Å². The molecule has 0 radical (unpaired) electrons. The maximum Gasteiger partial charge on any atom is 0.293 e. The van der Waals surface area contributed by atoms with Crippen LogP contribution < -0.4 is 5.32 Å². The molecule has 8 heteroatoms. The number of carbonyl (C=O) groups excluding carboxylic acids is 3. The molecule has 3 amide bonds. The van der Waals surface area contributed by atoms with Crippen molar-refractivity contribution in [2.75, 3.05) is 13.1 Å². The number of nitrogens with one attached hydrogen (secondary N) is 1. The summed E-state index contributed by atoms with van der Waals surface area (Å²) in [6, 6.07) is 8.87. The molecule has 0 bridgehead atoms. The topological polar surface area (TPSA) is 66.5 Å². The molecule has 0 spiro atoms. The largest absolute Gasteiger partial charge is 0.350 e. The third-order valence-electron chi connectivity index (χ3n) is 3.73. The zero-order valence-corrected chi connectivity index (χ0v) is 16.2. The van der Waals surface area contributed by atoms with Gasteiger partial charge in [0.2, 0.25) is 0 Å². The van der Waals surface area contributed by atoms with Crippen molar-refractivity contribution in [2.45, 2.75) is 6.92 Å². The Labute approximate surface area is 164 Å². The number of hydrogen-bond donors (Lipinski definition) is 1. The Hall–Kier alpha value is -2.09. The van der Waals surface area contributed by atoms with Crippen LogP contribution in [0.5, 0.6) is 0 Å². The molecule has 0 unspecified atom stereocenters. The summed E-state index contributed by atoms with van der Waals surface area (Å²) in [4.78, 5) is 38.7. The van der Waals surface area contributed by atoms with Gasteiger partial charge in [0.15, 0.2) is 0 Å². The maximum atomic E-state index is 12.4. The standard InChI is InChI=1S/C18H15ClN2O3S2/c1-11-6-9-25-15(11)16(22)20-7-8-21-17(23)14(26-18(21)24)10-12-2-4-13(19)5-3-12/h2-6,9-10H,7-8H2,1H3,(H,20,22). The van der Waals surface area contributed by atoms with E-state index in [1.54, 1.807) is 30.3 Å². The minimum Gasteiger partial charge on any atom is -0.350 e. The van der Waals surface area contributed by atoms with Gasteiger partial charge in [0.1, 0.15) is 0 Å². The number of aryl methyl sites for hydroxylation is 1. The predicted molar refractivity (Wildman–Crippen MR) is 106 cm³/mol. The number of hydrogen-bond acceptors (Lipinski definition) is 5. The number of thiophene rings is 1. The van der Waals surface area contributed by atoms with Crippen molar-refractivity contribution >= 4 is 57.8 Å². The Morgan fingerprint density at radius 1 is 1.23 bits per heavy atom. The number of thioether (sulfide) groups is 1. The van der Waals surface area contributed by atoms with Crippen LogP contribution in [0.2, 0.25) is 5.02 Å². The van der Waals surface area contributed by atoms with E-state index < -0.39 is 0 Å². The highest BCUT2D eigenvalue weighted by Crippen LogP contribution is 2.32. The van der Waals surface area contributed by atoms with Crippen LogP contribution in [-0.4, -0.2) is 35.0 Å². The first-order valence-corrected chi connectivity index (χ1v) is 9.86. The fourth-order valence-corrected chi connectivity index (χ4v) is 4.20. The molecule has 0 saturated carbocycles. The van der Waals surface area contributed by atoms with Gasteiger partial charge in [-0.15, -0.1) is 11.3 Å². The van der Waals surface area contributed by atoms with Crippen molar-refractivity contribution in [3.63, 3.8) is 0 Å². The molecule has 1 aromatic carbocycles. The fourth-order valence-electron chi connectivity index (χ4n) is 2.37. The summed E-state index contributed by atoms with van der Waals surface area (Å²) in [5.41, 5.74) is 1.70. The molecule has 1 aliphatic rings. The summed E-state index contributed by atoms with van der Waals surface area (Å²) in [6.45, 7) is 2.21. The van der Waals surface area contributed by atoms with Crippen LogP contribution in [-0.2, 0) is 4.79 Å². The molecule has 0 atom stereocenters. The van der Waals surface area contributed by atoms with E-state index >= 15 is 0 Å². The summed E-state index contributed by atoms with van der Waals surface area (Å²) < 4.78 is 0. The average Bonchev–Trinajstić information content (AvgIpc) is 3.15. The number of halogens is 1. The van der Waals surface area contributed by atoms with E-state index in [2.05, 4.69) is 5.32 Å². The summed E-state index contributed by atoms with van der Waals surface area (Å²) in [7, 11) is 0. The highest BCUT2D eigenvalue weighted by Gasteiger charge is 2.34. The monoisotopic (exact) mass is 406 g/mol. The molecule has 2 aromatic rings. The van der Waals surface area contributed by atoms with Gasteiger partial charge in [0.25, 0.3) is 17.1 Å². The van der Waals surface area contributed by atoms with Gasteiger partial charge in [0.05, 0.1) is 9.78 Å². The third-order valence-corrected chi connectivity index (χ3v) is 5.91. The van der Waals surface area contributed by atoms with Crippen molar-refractivity contribution in [2.24, 2.45) is 0 Å². The first-order valence-electron chi connectivity index (χ1n) is 7.79. The second kappa shape index (κ2) is 8.07. The minimum atomic E-state index is -0.350. The first kappa shape index (κ1) is 18.7. The van der Waals surface area contributed by atoms with Gasteiger partial charge in [-0.2, -0.15) is 0 Å². The number of rotatable bonds is 5. The average molecular weight is 407 g/mol. The van der Waals surface area contributed by atoms with Crippen LogP contribution >= 0.6 is 34.7 Å². The van der Waals surface area contributed by atoms with Crippen molar-refractivity contribution in [1.82, 2.24) is 10.2 Å². The van der Waals surface area contributed by atoms with Gasteiger partial charge in [0, 0.05) is 18.1 Å². The number of carbonyl (C=O) groups is 3. The van der Waals surface area contributed by atoms with Gasteiger partial charge in [-0.05, 0) is 59.5 Å². The predicted octanol–water partition coefficient (Wildman–Crippen LogP) is 4.18. The quantitative estimate of drug-likeness (QED) is 0.756. The van der Waals surface area contributed by atoms with Crippen LogP contribution in [0.1, 0.15) is 20.8 Å². The van der Waals surface area contributed by atoms with Gasteiger partial charge < -0.3 is 5.32 Å². The summed E-state index contributed by atoms with van der Waals surface area (Å²) >= 11 is 8.10. The van der Waals surface area contributed by atoms with Crippen molar-refractivity contribution < 1.29 is 14.4 Å². The molecule has 1 aliphatic heterocycles. The summed E-state index contributed by atoms with van der Waals surface area (Å²) in [5.74, 6) is -0.544. The first-order chi connectivity index (χ1) is 12.5. The molecule has 2 heterocycles. The number of imide groups is 1. The Morgan fingerprint density at radius 2 is 1.96 bits per heavy atom. The van der Waals surface area contributed by atoms with Crippen LogP contribution in [0.15, 0.2) is 40.6 Å². The molecule has 1 fully saturated rings. The molecule has 1 aromatic heterocycles. The van der Waals surface area contributed by atoms with E-state index in [9.17, 15) is 14.4 Å². The molecule has 1 saturated heterocycles. The molecular weight excluding hydrogens is 392 g/mol. The third kappa shape index (κ3) is 4.17. The highest BCUT2D eigenvalue weighted by atomic mass is 35.5. The molecule has 0 aliphatic carbocycles. The van der Waals surface area contributed by atoms with Crippen molar-refractivity contribution in [1.29, 1.82) is 0 Å². The van der Waals surface area contributed by atoms with E-state index in [-0.39, 0.29) is 30.1 Å². The lowest BCUT2D eigenvalue weighted by Crippen LogP contribution is -2.37. The zero-order valence-electron chi connectivity index (χ0n) is 13.8. The second-order valence-corrected chi connectivity index (χ2v) is 7.92. The Bertz CT molecular complexity index is 890. The van der Waals surface area contributed by atoms with Crippen LogP contribution in [0.25, 0.3) is 6.08 Å². The van der Waals surface area contributed by atoms with Crippen LogP contribution in [0.3, 0.4) is 0 Å². The molecule has 1 N–H and O–H groups in total. The Balaban J connectivity index is 1.60. The number of amides is 3. The molecule has 5 nitrogen and oxygen atoms in total. The summed E-state index contributed by atoms with van der Waals surface area (Å²) in [6.07, 6.45) is 1.66. The lowest BCUT2D eigenvalue weighted by Gasteiger charge is -2.12. The highest BCUT2D eigenvalue weighted by molar-refractivity contribution is 8.18. The number of benzene rings is 1. The second-order valence-electron chi connectivity index (χ2n) is 5.57. The zero-order chi connectivity index (χ0) is 18.7. The normalized spacial score (nSPS) is 15.8. The van der Waals surface area contributed by atoms with Crippen molar-refractivity contribution in [3.8, 4) is 0 Å². The van der Waals surface area contributed by atoms with Crippen LogP contribution in [0, 0.1) is 6.92 Å². The molecular formula is C18H15ClN2O3S2. The van der Waals surface area contributed by atoms with Crippen molar-refractivity contribution in [3.05, 3.63) is 61.6 Å². The molecule has 26 heavy (non-hydrogen) atoms. The van der Waals surface area contributed by atoms with E-state index in [4.69, 9.17) is 11.6 Å². The molecule has 134 valence electrons. The smallest absolute Gasteiger partial charge is 0.293 e.